The van der Waals surface area contributed by atoms with Crippen LogP contribution in [-0.4, -0.2) is 22.6 Å². The van der Waals surface area contributed by atoms with Crippen LogP contribution in [0.5, 0.6) is 0 Å². The van der Waals surface area contributed by atoms with Gasteiger partial charge in [0.15, 0.2) is 0 Å². The lowest BCUT2D eigenvalue weighted by atomic mass is 10.2. The van der Waals surface area contributed by atoms with E-state index in [2.05, 4.69) is 39.3 Å². The molecule has 2 heteroatoms. The molecule has 92 valence electrons. The van der Waals surface area contributed by atoms with Gasteiger partial charge in [-0.25, -0.2) is 0 Å². The summed E-state index contributed by atoms with van der Waals surface area (Å²) in [5.41, 5.74) is 3.96. The maximum Gasteiger partial charge on any atom is -0.0200 e. The topological polar surface area (TPSA) is 0 Å². The summed E-state index contributed by atoms with van der Waals surface area (Å²) >= 11 is 0. The smallest absolute Gasteiger partial charge is 0.0200 e. The highest BCUT2D eigenvalue weighted by atomic mass is 31.1. The predicted molar refractivity (Wildman–Crippen MR) is 79.3 cm³/mol. The van der Waals surface area contributed by atoms with E-state index in [0.29, 0.717) is 0 Å². The van der Waals surface area contributed by atoms with Gasteiger partial charge in [-0.3, -0.25) is 0 Å². The van der Waals surface area contributed by atoms with Crippen LogP contribution in [-0.2, 0) is 0 Å². The molecule has 0 aliphatic carbocycles. The van der Waals surface area contributed by atoms with Crippen LogP contribution in [0.15, 0.2) is 11.6 Å². The SMILES string of the molecule is C[C@@H]1CC[C@@H](C)P1/C=C\P1[C@H](C)CC[C@H]1C. The lowest BCUT2D eigenvalue weighted by Gasteiger charge is -2.20. The molecule has 0 nitrogen and oxygen atoms in total. The van der Waals surface area contributed by atoms with Gasteiger partial charge in [-0.1, -0.05) is 55.2 Å². The maximum absolute atomic E-state index is 2.67. The average Bonchev–Trinajstić information content (AvgIpc) is 2.72. The highest BCUT2D eigenvalue weighted by molar-refractivity contribution is 7.66. The molecule has 0 aromatic heterocycles. The van der Waals surface area contributed by atoms with Gasteiger partial charge in [0, 0.05) is 0 Å². The molecular formula is C14H26P2. The fraction of sp³-hybridized carbons (Fsp3) is 0.857. The first-order valence-electron chi connectivity index (χ1n) is 6.82. The Hall–Kier alpha value is 0.600. The van der Waals surface area contributed by atoms with Crippen molar-refractivity contribution < 1.29 is 0 Å². The van der Waals surface area contributed by atoms with Crippen LogP contribution in [0, 0.1) is 0 Å². The monoisotopic (exact) mass is 256 g/mol. The molecule has 0 radical (unpaired) electrons. The van der Waals surface area contributed by atoms with Gasteiger partial charge >= 0.3 is 0 Å². The number of hydrogen-bond donors (Lipinski definition) is 0. The zero-order valence-corrected chi connectivity index (χ0v) is 13.0. The van der Waals surface area contributed by atoms with Crippen molar-refractivity contribution >= 4 is 15.8 Å². The van der Waals surface area contributed by atoms with E-state index in [4.69, 9.17) is 0 Å². The van der Waals surface area contributed by atoms with E-state index in [1.54, 1.807) is 0 Å². The Morgan fingerprint density at radius 1 is 0.625 bits per heavy atom. The molecule has 0 unspecified atom stereocenters. The van der Waals surface area contributed by atoms with Gasteiger partial charge in [-0.15, -0.1) is 0 Å². The fourth-order valence-electron chi connectivity index (χ4n) is 3.17. The molecule has 2 fully saturated rings. The van der Waals surface area contributed by atoms with Crippen LogP contribution in [0.2, 0.25) is 0 Å². The second kappa shape index (κ2) is 5.49. The molecule has 0 spiro atoms. The summed E-state index contributed by atoms with van der Waals surface area (Å²) in [6.07, 6.45) is 5.89. The van der Waals surface area contributed by atoms with Gasteiger partial charge in [0.1, 0.15) is 0 Å². The first-order chi connectivity index (χ1) is 7.59. The van der Waals surface area contributed by atoms with Gasteiger partial charge in [0.25, 0.3) is 0 Å². The molecule has 0 bridgehead atoms. The van der Waals surface area contributed by atoms with Crippen LogP contribution in [0.3, 0.4) is 0 Å². The zero-order chi connectivity index (χ0) is 11.7. The van der Waals surface area contributed by atoms with E-state index in [1.165, 1.54) is 25.7 Å². The van der Waals surface area contributed by atoms with Gasteiger partial charge in [-0.05, 0) is 48.3 Å². The van der Waals surface area contributed by atoms with Crippen molar-refractivity contribution in [2.45, 2.75) is 76.0 Å². The van der Waals surface area contributed by atoms with Gasteiger partial charge in [0.2, 0.25) is 0 Å². The molecule has 0 N–H and O–H groups in total. The van der Waals surface area contributed by atoms with Gasteiger partial charge < -0.3 is 0 Å². The normalized spacial score (nSPS) is 42.5. The summed E-state index contributed by atoms with van der Waals surface area (Å²) in [7, 11) is 0.428. The van der Waals surface area contributed by atoms with E-state index in [0.717, 1.165) is 22.6 Å². The van der Waals surface area contributed by atoms with E-state index in [-0.39, 0.29) is 15.8 Å². The van der Waals surface area contributed by atoms with Crippen molar-refractivity contribution in [1.82, 2.24) is 0 Å². The Balaban J connectivity index is 1.97. The third-order valence-corrected chi connectivity index (χ3v) is 10.8. The second-order valence-corrected chi connectivity index (χ2v) is 11.7. The van der Waals surface area contributed by atoms with Crippen molar-refractivity contribution in [1.29, 1.82) is 0 Å². The summed E-state index contributed by atoms with van der Waals surface area (Å²) in [5.74, 6) is 5.34. The van der Waals surface area contributed by atoms with Crippen molar-refractivity contribution in [3.63, 3.8) is 0 Å². The Labute approximate surface area is 104 Å². The Morgan fingerprint density at radius 2 is 0.875 bits per heavy atom. The van der Waals surface area contributed by atoms with Crippen LogP contribution in [0.25, 0.3) is 0 Å². The standard InChI is InChI=1S/C14H26P2/c1-11-5-6-12(2)15(11)9-10-16-13(3)7-8-14(16)4/h9-14H,5-8H2,1-4H3/b10-9-/t11-,12-,13-,14-/m1/s1. The van der Waals surface area contributed by atoms with Crippen molar-refractivity contribution in [2.24, 2.45) is 0 Å². The quantitative estimate of drug-likeness (QED) is 0.567. The van der Waals surface area contributed by atoms with Crippen molar-refractivity contribution in [3.8, 4) is 0 Å². The minimum absolute atomic E-state index is 0.214. The molecule has 2 aliphatic rings. The second-order valence-electron chi connectivity index (χ2n) is 5.74. The van der Waals surface area contributed by atoms with Crippen molar-refractivity contribution in [2.75, 3.05) is 0 Å². The molecule has 16 heavy (non-hydrogen) atoms. The lowest BCUT2D eigenvalue weighted by Crippen LogP contribution is -1.95. The van der Waals surface area contributed by atoms with Gasteiger partial charge in [-0.2, -0.15) is 0 Å². The highest BCUT2D eigenvalue weighted by Gasteiger charge is 2.30. The van der Waals surface area contributed by atoms with E-state index in [9.17, 15) is 0 Å². The molecule has 2 aliphatic heterocycles. The summed E-state index contributed by atoms with van der Waals surface area (Å²) in [6.45, 7) is 9.87. The predicted octanol–water partition coefficient (Wildman–Crippen LogP) is 5.56. The van der Waals surface area contributed by atoms with E-state index >= 15 is 0 Å². The lowest BCUT2D eigenvalue weighted by molar-refractivity contribution is 0.777. The molecule has 4 atom stereocenters. The van der Waals surface area contributed by atoms with Gasteiger partial charge in [0.05, 0.1) is 0 Å². The molecule has 0 saturated carbocycles. The minimum Gasteiger partial charge on any atom is -0.0774 e. The number of rotatable bonds is 2. The molecule has 0 aromatic rings. The molecule has 2 heterocycles. The maximum atomic E-state index is 2.67. The summed E-state index contributed by atoms with van der Waals surface area (Å²) < 4.78 is 0. The summed E-state index contributed by atoms with van der Waals surface area (Å²) in [6, 6.07) is 0. The van der Waals surface area contributed by atoms with Crippen LogP contribution in [0.4, 0.5) is 0 Å². The third-order valence-electron chi connectivity index (χ3n) is 4.45. The van der Waals surface area contributed by atoms with E-state index < -0.39 is 0 Å². The largest absolute Gasteiger partial charge is 0.0774 e. The van der Waals surface area contributed by atoms with Crippen LogP contribution < -0.4 is 0 Å². The highest BCUT2D eigenvalue weighted by Crippen LogP contribution is 2.61. The third kappa shape index (κ3) is 2.70. The van der Waals surface area contributed by atoms with E-state index in [1.807, 2.05) is 0 Å². The first-order valence-corrected chi connectivity index (χ1v) is 9.92. The molecular weight excluding hydrogens is 230 g/mol. The molecule has 0 amide bonds. The Bertz CT molecular complexity index is 215. The minimum atomic E-state index is 0.214. The summed E-state index contributed by atoms with van der Waals surface area (Å²) in [4.78, 5) is 0. The van der Waals surface area contributed by atoms with Crippen LogP contribution in [0.1, 0.15) is 53.4 Å². The summed E-state index contributed by atoms with van der Waals surface area (Å²) in [5, 5.41) is 0. The zero-order valence-electron chi connectivity index (χ0n) is 11.2. The Morgan fingerprint density at radius 3 is 1.12 bits per heavy atom. The first kappa shape index (κ1) is 13.0. The number of hydrogen-bond acceptors (Lipinski definition) is 0. The molecule has 2 saturated heterocycles. The average molecular weight is 256 g/mol. The van der Waals surface area contributed by atoms with Crippen LogP contribution >= 0.6 is 15.8 Å². The Kier molecular flexibility index (Phi) is 4.48. The molecule has 0 aromatic carbocycles. The molecule has 2 rings (SSSR count). The fourth-order valence-corrected chi connectivity index (χ4v) is 9.11. The van der Waals surface area contributed by atoms with Crippen molar-refractivity contribution in [3.05, 3.63) is 11.6 Å².